The lowest BCUT2D eigenvalue weighted by Crippen LogP contribution is -2.17. The topological polar surface area (TPSA) is 43.8 Å². The van der Waals surface area contributed by atoms with Crippen LogP contribution >= 0.6 is 0 Å². The number of nitrogens with two attached hydrogens (primary N) is 1. The highest BCUT2D eigenvalue weighted by atomic mass is 15.2. The van der Waals surface area contributed by atoms with Crippen LogP contribution in [0.15, 0.2) is 18.2 Å². The van der Waals surface area contributed by atoms with E-state index in [1.54, 1.807) is 0 Å². The van der Waals surface area contributed by atoms with Gasteiger partial charge >= 0.3 is 0 Å². The van der Waals surface area contributed by atoms with Crippen LogP contribution < -0.4 is 5.73 Å². The molecular formula is C15H23N3. The third-order valence-electron chi connectivity index (χ3n) is 4.01. The minimum atomic E-state index is 0.395. The number of aryl methyl sites for hydroxylation is 1. The molecule has 0 bridgehead atoms. The van der Waals surface area contributed by atoms with Crippen molar-refractivity contribution in [3.05, 3.63) is 23.8 Å². The predicted molar refractivity (Wildman–Crippen MR) is 77.7 cm³/mol. The van der Waals surface area contributed by atoms with Crippen LogP contribution in [0.25, 0.3) is 11.0 Å². The Labute approximate surface area is 109 Å². The summed E-state index contributed by atoms with van der Waals surface area (Å²) in [6, 6.07) is 6.71. The number of nitrogen functional groups attached to an aromatic ring is 1. The van der Waals surface area contributed by atoms with E-state index in [-0.39, 0.29) is 0 Å². The van der Waals surface area contributed by atoms with Gasteiger partial charge in [-0.2, -0.15) is 0 Å². The number of fused-ring (bicyclic) bond motifs is 1. The van der Waals surface area contributed by atoms with E-state index in [1.165, 1.54) is 18.4 Å². The fourth-order valence-corrected chi connectivity index (χ4v) is 2.83. The summed E-state index contributed by atoms with van der Waals surface area (Å²) in [7, 11) is 0. The molecule has 3 heteroatoms. The standard InChI is InChI=1S/C15H23N3/c1-5-12(6-2)11(4)18-14-9-10(3)7-8-13(14)17-15(18)16/h7-9,11-12H,5-6H2,1-4H3,(H2,16,17). The van der Waals surface area contributed by atoms with Gasteiger partial charge in [-0.15, -0.1) is 0 Å². The van der Waals surface area contributed by atoms with E-state index in [2.05, 4.69) is 55.4 Å². The van der Waals surface area contributed by atoms with E-state index in [9.17, 15) is 0 Å². The number of hydrogen-bond acceptors (Lipinski definition) is 2. The van der Waals surface area contributed by atoms with Crippen LogP contribution in [-0.2, 0) is 0 Å². The number of nitrogens with zero attached hydrogens (tertiary/aromatic N) is 2. The van der Waals surface area contributed by atoms with Crippen molar-refractivity contribution in [2.45, 2.75) is 46.6 Å². The summed E-state index contributed by atoms with van der Waals surface area (Å²) in [5.74, 6) is 1.28. The normalized spacial score (nSPS) is 13.4. The van der Waals surface area contributed by atoms with Crippen molar-refractivity contribution in [3.8, 4) is 0 Å². The van der Waals surface area contributed by atoms with Crippen LogP contribution in [0.1, 0.15) is 45.2 Å². The van der Waals surface area contributed by atoms with Crippen LogP contribution in [0.3, 0.4) is 0 Å². The molecule has 1 heterocycles. The summed E-state index contributed by atoms with van der Waals surface area (Å²) in [5, 5.41) is 0. The van der Waals surface area contributed by atoms with Gasteiger partial charge in [0.1, 0.15) is 0 Å². The van der Waals surface area contributed by atoms with Crippen molar-refractivity contribution < 1.29 is 0 Å². The van der Waals surface area contributed by atoms with E-state index in [0.29, 0.717) is 17.9 Å². The van der Waals surface area contributed by atoms with E-state index >= 15 is 0 Å². The van der Waals surface area contributed by atoms with Gasteiger partial charge in [0.2, 0.25) is 5.95 Å². The third kappa shape index (κ3) is 2.09. The molecule has 2 rings (SSSR count). The second kappa shape index (κ2) is 5.01. The minimum Gasteiger partial charge on any atom is -0.369 e. The Morgan fingerprint density at radius 2 is 1.94 bits per heavy atom. The highest BCUT2D eigenvalue weighted by molar-refractivity contribution is 5.79. The summed E-state index contributed by atoms with van der Waals surface area (Å²) in [6.07, 6.45) is 2.34. The summed E-state index contributed by atoms with van der Waals surface area (Å²) < 4.78 is 2.19. The van der Waals surface area contributed by atoms with Crippen LogP contribution in [0.4, 0.5) is 5.95 Å². The third-order valence-corrected chi connectivity index (χ3v) is 4.01. The number of aromatic nitrogens is 2. The molecule has 0 aliphatic heterocycles. The second-order valence-electron chi connectivity index (χ2n) is 5.15. The first kappa shape index (κ1) is 12.9. The summed E-state index contributed by atoms with van der Waals surface area (Å²) in [6.45, 7) is 8.84. The zero-order valence-electron chi connectivity index (χ0n) is 11.8. The average molecular weight is 245 g/mol. The molecule has 1 unspecified atom stereocenters. The van der Waals surface area contributed by atoms with E-state index in [4.69, 9.17) is 5.73 Å². The summed E-state index contributed by atoms with van der Waals surface area (Å²) in [4.78, 5) is 4.47. The smallest absolute Gasteiger partial charge is 0.201 e. The van der Waals surface area contributed by atoms with Gasteiger partial charge in [0.15, 0.2) is 0 Å². The Morgan fingerprint density at radius 1 is 1.28 bits per heavy atom. The Bertz CT molecular complexity index is 538. The molecule has 1 aromatic heterocycles. The van der Waals surface area contributed by atoms with E-state index < -0.39 is 0 Å². The Kier molecular flexibility index (Phi) is 3.60. The molecule has 1 aromatic carbocycles. The zero-order valence-corrected chi connectivity index (χ0v) is 11.8. The number of hydrogen-bond donors (Lipinski definition) is 1. The molecule has 0 radical (unpaired) electrons. The first-order valence-electron chi connectivity index (χ1n) is 6.82. The molecule has 0 saturated heterocycles. The highest BCUT2D eigenvalue weighted by Crippen LogP contribution is 2.30. The maximum Gasteiger partial charge on any atom is 0.201 e. The Morgan fingerprint density at radius 3 is 2.56 bits per heavy atom. The lowest BCUT2D eigenvalue weighted by molar-refractivity contribution is 0.342. The molecule has 3 nitrogen and oxygen atoms in total. The average Bonchev–Trinajstić information content (AvgIpc) is 2.65. The number of imidazole rings is 1. The van der Waals surface area contributed by atoms with Crippen LogP contribution in [0, 0.1) is 12.8 Å². The van der Waals surface area contributed by atoms with Gasteiger partial charge < -0.3 is 10.3 Å². The molecule has 0 amide bonds. The molecule has 0 aliphatic rings. The first-order valence-corrected chi connectivity index (χ1v) is 6.82. The maximum atomic E-state index is 6.10. The summed E-state index contributed by atoms with van der Waals surface area (Å²) in [5.41, 5.74) is 9.51. The molecule has 0 spiro atoms. The van der Waals surface area contributed by atoms with Crippen molar-refractivity contribution in [3.63, 3.8) is 0 Å². The van der Waals surface area contributed by atoms with Gasteiger partial charge in [0.05, 0.1) is 11.0 Å². The van der Waals surface area contributed by atoms with Crippen molar-refractivity contribution in [1.82, 2.24) is 9.55 Å². The fourth-order valence-electron chi connectivity index (χ4n) is 2.83. The summed E-state index contributed by atoms with van der Waals surface area (Å²) >= 11 is 0. The largest absolute Gasteiger partial charge is 0.369 e. The number of anilines is 1. The molecular weight excluding hydrogens is 222 g/mol. The monoisotopic (exact) mass is 245 g/mol. The lowest BCUT2D eigenvalue weighted by Gasteiger charge is -2.24. The van der Waals surface area contributed by atoms with E-state index in [1.807, 2.05) is 0 Å². The Balaban J connectivity index is 2.55. The lowest BCUT2D eigenvalue weighted by atomic mass is 9.95. The molecule has 2 N–H and O–H groups in total. The van der Waals surface area contributed by atoms with Gasteiger partial charge in [0.25, 0.3) is 0 Å². The van der Waals surface area contributed by atoms with Gasteiger partial charge in [-0.3, -0.25) is 0 Å². The van der Waals surface area contributed by atoms with E-state index in [0.717, 1.165) is 11.0 Å². The van der Waals surface area contributed by atoms with Gasteiger partial charge in [0, 0.05) is 6.04 Å². The molecule has 2 aromatic rings. The fraction of sp³-hybridized carbons (Fsp3) is 0.533. The number of rotatable bonds is 4. The van der Waals surface area contributed by atoms with Crippen molar-refractivity contribution in [2.24, 2.45) is 5.92 Å². The van der Waals surface area contributed by atoms with Crippen molar-refractivity contribution in [1.29, 1.82) is 0 Å². The number of benzene rings is 1. The molecule has 0 aliphatic carbocycles. The molecule has 98 valence electrons. The zero-order chi connectivity index (χ0) is 13.3. The van der Waals surface area contributed by atoms with Gasteiger partial charge in [-0.1, -0.05) is 32.8 Å². The molecule has 0 fully saturated rings. The van der Waals surface area contributed by atoms with Crippen LogP contribution in [-0.4, -0.2) is 9.55 Å². The molecule has 1 atom stereocenters. The van der Waals surface area contributed by atoms with Crippen LogP contribution in [0.2, 0.25) is 0 Å². The molecule has 18 heavy (non-hydrogen) atoms. The van der Waals surface area contributed by atoms with Gasteiger partial charge in [-0.25, -0.2) is 4.98 Å². The van der Waals surface area contributed by atoms with Gasteiger partial charge in [-0.05, 0) is 37.5 Å². The molecule has 0 saturated carbocycles. The highest BCUT2D eigenvalue weighted by Gasteiger charge is 2.20. The second-order valence-corrected chi connectivity index (χ2v) is 5.15. The Hall–Kier alpha value is -1.51. The first-order chi connectivity index (χ1) is 8.58. The maximum absolute atomic E-state index is 6.10. The SMILES string of the molecule is CCC(CC)C(C)n1c(N)nc2ccc(C)cc21. The quantitative estimate of drug-likeness (QED) is 0.887. The minimum absolute atomic E-state index is 0.395. The van der Waals surface area contributed by atoms with Crippen LogP contribution in [0.5, 0.6) is 0 Å². The predicted octanol–water partition coefficient (Wildman–Crippen LogP) is 3.92. The van der Waals surface area contributed by atoms with Crippen molar-refractivity contribution in [2.75, 3.05) is 5.73 Å². The van der Waals surface area contributed by atoms with Crippen molar-refractivity contribution >= 4 is 17.0 Å².